The van der Waals surface area contributed by atoms with E-state index in [-0.39, 0.29) is 5.56 Å². The zero-order valence-corrected chi connectivity index (χ0v) is 20.9. The normalized spacial score (nSPS) is 13.1. The number of rotatable bonds is 10. The summed E-state index contributed by atoms with van der Waals surface area (Å²) in [6, 6.07) is 10.8. The lowest BCUT2D eigenvalue weighted by atomic mass is 9.95. The van der Waals surface area contributed by atoms with Crippen molar-refractivity contribution in [2.45, 2.75) is 58.5 Å². The fourth-order valence-electron chi connectivity index (χ4n) is 3.87. The number of aromatic nitrogens is 1. The highest BCUT2D eigenvalue weighted by Gasteiger charge is 2.37. The van der Waals surface area contributed by atoms with E-state index in [1.54, 1.807) is 55.0 Å². The molecular formula is C26H29F3N2O3S. The molecule has 0 fully saturated rings. The van der Waals surface area contributed by atoms with E-state index in [9.17, 15) is 23.1 Å². The SMILES string of the molecule is CCCN(Cc1ccc(OC(C)(C)C(=O)O)cc1)C(c1cncs1)c1ccc(C)cc1C(F)(F)F. The van der Waals surface area contributed by atoms with E-state index in [2.05, 4.69) is 4.98 Å². The number of thiazole rings is 1. The van der Waals surface area contributed by atoms with Gasteiger partial charge in [0.25, 0.3) is 0 Å². The Kier molecular flexibility index (Phi) is 8.22. The van der Waals surface area contributed by atoms with Crippen molar-refractivity contribution in [2.24, 2.45) is 0 Å². The maximum absolute atomic E-state index is 14.1. The molecule has 5 nitrogen and oxygen atoms in total. The monoisotopic (exact) mass is 506 g/mol. The van der Waals surface area contributed by atoms with Crippen molar-refractivity contribution in [3.8, 4) is 5.75 Å². The third kappa shape index (κ3) is 6.61. The lowest BCUT2D eigenvalue weighted by molar-refractivity contribution is -0.152. The van der Waals surface area contributed by atoms with Gasteiger partial charge in [0.15, 0.2) is 5.60 Å². The van der Waals surface area contributed by atoms with Crippen LogP contribution >= 0.6 is 11.3 Å². The van der Waals surface area contributed by atoms with Crippen molar-refractivity contribution < 1.29 is 27.8 Å². The fourth-order valence-corrected chi connectivity index (χ4v) is 4.64. The van der Waals surface area contributed by atoms with Crippen LogP contribution in [0.2, 0.25) is 0 Å². The zero-order chi connectivity index (χ0) is 25.8. The number of halogens is 3. The number of alkyl halides is 3. The first-order valence-electron chi connectivity index (χ1n) is 11.2. The van der Waals surface area contributed by atoms with Crippen LogP contribution in [-0.4, -0.2) is 33.1 Å². The molecular weight excluding hydrogens is 477 g/mol. The van der Waals surface area contributed by atoms with Crippen LogP contribution in [0.25, 0.3) is 0 Å². The Balaban J connectivity index is 1.98. The molecule has 0 saturated carbocycles. The van der Waals surface area contributed by atoms with E-state index in [1.807, 2.05) is 11.8 Å². The van der Waals surface area contributed by atoms with Gasteiger partial charge in [-0.1, -0.05) is 36.8 Å². The molecule has 35 heavy (non-hydrogen) atoms. The van der Waals surface area contributed by atoms with Crippen LogP contribution in [0.3, 0.4) is 0 Å². The van der Waals surface area contributed by atoms with Crippen molar-refractivity contribution in [2.75, 3.05) is 6.54 Å². The largest absolute Gasteiger partial charge is 0.478 e. The van der Waals surface area contributed by atoms with Crippen molar-refractivity contribution in [1.82, 2.24) is 9.88 Å². The molecule has 1 atom stereocenters. The lowest BCUT2D eigenvalue weighted by Gasteiger charge is -2.33. The predicted molar refractivity (Wildman–Crippen MR) is 130 cm³/mol. The Morgan fingerprint density at radius 3 is 2.40 bits per heavy atom. The number of carboxylic acid groups (broad SMARTS) is 1. The van der Waals surface area contributed by atoms with Gasteiger partial charge in [-0.05, 0) is 63.1 Å². The lowest BCUT2D eigenvalue weighted by Crippen LogP contribution is -2.37. The topological polar surface area (TPSA) is 62.7 Å². The van der Waals surface area contributed by atoms with Crippen LogP contribution in [0.4, 0.5) is 13.2 Å². The van der Waals surface area contributed by atoms with Gasteiger partial charge in [0.2, 0.25) is 0 Å². The summed E-state index contributed by atoms with van der Waals surface area (Å²) in [6.07, 6.45) is -2.11. The Hall–Kier alpha value is -2.91. The van der Waals surface area contributed by atoms with E-state index >= 15 is 0 Å². The average Bonchev–Trinajstić information content (AvgIpc) is 3.30. The van der Waals surface area contributed by atoms with Gasteiger partial charge in [0.1, 0.15) is 5.75 Å². The van der Waals surface area contributed by atoms with Gasteiger partial charge in [0, 0.05) is 17.6 Å². The Bertz CT molecular complexity index is 1130. The molecule has 0 bridgehead atoms. The first-order chi connectivity index (χ1) is 16.4. The van der Waals surface area contributed by atoms with Gasteiger partial charge in [-0.2, -0.15) is 13.2 Å². The third-order valence-corrected chi connectivity index (χ3v) is 6.43. The molecule has 188 valence electrons. The highest BCUT2D eigenvalue weighted by molar-refractivity contribution is 7.09. The minimum Gasteiger partial charge on any atom is -0.478 e. The number of carbonyl (C=O) groups is 1. The van der Waals surface area contributed by atoms with Gasteiger partial charge in [-0.25, -0.2) is 4.79 Å². The van der Waals surface area contributed by atoms with Crippen LogP contribution in [-0.2, 0) is 17.5 Å². The molecule has 0 aliphatic carbocycles. The predicted octanol–water partition coefficient (Wildman–Crippen LogP) is 6.71. The smallest absolute Gasteiger partial charge is 0.416 e. The first kappa shape index (κ1) is 26.7. The number of aryl methyl sites for hydroxylation is 1. The van der Waals surface area contributed by atoms with Gasteiger partial charge in [0.05, 0.1) is 17.1 Å². The summed E-state index contributed by atoms with van der Waals surface area (Å²) < 4.78 is 47.7. The van der Waals surface area contributed by atoms with Gasteiger partial charge >= 0.3 is 12.1 Å². The molecule has 2 aromatic carbocycles. The van der Waals surface area contributed by atoms with Crippen LogP contribution in [0.15, 0.2) is 54.2 Å². The summed E-state index contributed by atoms with van der Waals surface area (Å²) in [4.78, 5) is 18.2. The third-order valence-electron chi connectivity index (χ3n) is 5.60. The molecule has 1 N–H and O–H groups in total. The second-order valence-electron chi connectivity index (χ2n) is 8.93. The summed E-state index contributed by atoms with van der Waals surface area (Å²) in [6.45, 7) is 7.53. The summed E-state index contributed by atoms with van der Waals surface area (Å²) in [5.41, 5.74) is 1.22. The Labute approximate surface area is 207 Å². The van der Waals surface area contributed by atoms with Crippen LogP contribution in [0.5, 0.6) is 5.75 Å². The van der Waals surface area contributed by atoms with Crippen LogP contribution < -0.4 is 4.74 Å². The van der Waals surface area contributed by atoms with Crippen molar-refractivity contribution in [3.63, 3.8) is 0 Å². The molecule has 0 radical (unpaired) electrons. The minimum atomic E-state index is -4.49. The molecule has 0 aliphatic rings. The molecule has 3 aromatic rings. The molecule has 0 spiro atoms. The Morgan fingerprint density at radius 2 is 1.86 bits per heavy atom. The molecule has 0 saturated heterocycles. The summed E-state index contributed by atoms with van der Waals surface area (Å²) in [5.74, 6) is -0.679. The zero-order valence-electron chi connectivity index (χ0n) is 20.1. The van der Waals surface area contributed by atoms with Crippen LogP contribution in [0.1, 0.15) is 60.4 Å². The molecule has 1 aromatic heterocycles. The molecule has 1 heterocycles. The summed E-state index contributed by atoms with van der Waals surface area (Å²) in [5, 5.41) is 9.28. The summed E-state index contributed by atoms with van der Waals surface area (Å²) in [7, 11) is 0. The van der Waals surface area contributed by atoms with Gasteiger partial charge in [-0.3, -0.25) is 9.88 Å². The number of nitrogens with zero attached hydrogens (tertiary/aromatic N) is 2. The average molecular weight is 507 g/mol. The molecule has 1 unspecified atom stereocenters. The van der Waals surface area contributed by atoms with E-state index < -0.39 is 29.4 Å². The molecule has 0 amide bonds. The van der Waals surface area contributed by atoms with Crippen molar-refractivity contribution >= 4 is 17.3 Å². The minimum absolute atomic E-state index is 0.198. The number of benzene rings is 2. The Morgan fingerprint density at radius 1 is 1.17 bits per heavy atom. The second-order valence-corrected chi connectivity index (χ2v) is 9.84. The summed E-state index contributed by atoms with van der Waals surface area (Å²) >= 11 is 1.33. The van der Waals surface area contributed by atoms with E-state index in [1.165, 1.54) is 31.3 Å². The number of aliphatic carboxylic acids is 1. The number of carboxylic acids is 1. The quantitative estimate of drug-likeness (QED) is 0.331. The van der Waals surface area contributed by atoms with E-state index in [0.717, 1.165) is 16.9 Å². The van der Waals surface area contributed by atoms with E-state index in [0.29, 0.717) is 24.4 Å². The standard InChI is InChI=1S/C26H29F3N2O3S/c1-5-12-31(15-18-7-9-19(10-8-18)34-25(3,4)24(32)33)23(22-14-30-16-35-22)20-11-6-17(2)13-21(20)26(27,28)29/h6-11,13-14,16,23H,5,12,15H2,1-4H3,(H,32,33). The van der Waals surface area contributed by atoms with Crippen LogP contribution in [0, 0.1) is 6.92 Å². The van der Waals surface area contributed by atoms with Crippen molar-refractivity contribution in [1.29, 1.82) is 0 Å². The fraction of sp³-hybridized carbons (Fsp3) is 0.385. The second kappa shape index (κ2) is 10.8. The van der Waals surface area contributed by atoms with E-state index in [4.69, 9.17) is 4.74 Å². The number of hydrogen-bond donors (Lipinski definition) is 1. The highest BCUT2D eigenvalue weighted by atomic mass is 32.1. The molecule has 0 aliphatic heterocycles. The molecule has 3 rings (SSSR count). The van der Waals surface area contributed by atoms with Crippen molar-refractivity contribution in [3.05, 3.63) is 81.3 Å². The number of ether oxygens (including phenoxy) is 1. The highest BCUT2D eigenvalue weighted by Crippen LogP contribution is 2.41. The molecule has 9 heteroatoms. The van der Waals surface area contributed by atoms with Gasteiger partial charge < -0.3 is 9.84 Å². The van der Waals surface area contributed by atoms with Gasteiger partial charge in [-0.15, -0.1) is 11.3 Å². The maximum Gasteiger partial charge on any atom is 0.416 e. The maximum atomic E-state index is 14.1. The number of hydrogen-bond acceptors (Lipinski definition) is 5. The first-order valence-corrected chi connectivity index (χ1v) is 12.1.